The van der Waals surface area contributed by atoms with Gasteiger partial charge in [-0.2, -0.15) is 35.1 Å². The van der Waals surface area contributed by atoms with Crippen LogP contribution in [-0.2, 0) is 0 Å². The molecule has 0 bridgehead atoms. The molecule has 0 fully saturated rings. The van der Waals surface area contributed by atoms with Crippen LogP contribution in [0.1, 0.15) is 11.1 Å². The molecule has 0 amide bonds. The predicted molar refractivity (Wildman–Crippen MR) is 92.2 cm³/mol. The van der Waals surface area contributed by atoms with E-state index in [9.17, 15) is 35.1 Å². The van der Waals surface area contributed by atoms with Gasteiger partial charge in [-0.1, -0.05) is 42.5 Å². The van der Waals surface area contributed by atoms with Crippen molar-refractivity contribution in [2.45, 2.75) is 23.1 Å². The lowest BCUT2D eigenvalue weighted by molar-refractivity contribution is -0.335. The van der Waals surface area contributed by atoms with E-state index in [2.05, 4.69) is 11.6 Å². The van der Waals surface area contributed by atoms with Crippen molar-refractivity contribution in [2.75, 3.05) is 7.11 Å². The number of ether oxygens (including phenoxy) is 1. The van der Waals surface area contributed by atoms with Crippen LogP contribution in [0, 0.1) is 0 Å². The Morgan fingerprint density at radius 1 is 0.759 bits per heavy atom. The van der Waals surface area contributed by atoms with Gasteiger partial charge in [-0.05, 0) is 46.5 Å². The molecule has 0 atom stereocenters. The van der Waals surface area contributed by atoms with E-state index in [4.69, 9.17) is 4.74 Å². The lowest BCUT2D eigenvalue weighted by atomic mass is 9.93. The van der Waals surface area contributed by atoms with Crippen LogP contribution in [0.4, 0.5) is 35.1 Å². The zero-order valence-corrected chi connectivity index (χ0v) is 15.3. The van der Waals surface area contributed by atoms with Gasteiger partial charge in [0.05, 0.1) is 7.11 Å². The summed E-state index contributed by atoms with van der Waals surface area (Å²) in [6, 6.07) is 11.9. The maximum atomic E-state index is 14.3. The first kappa shape index (κ1) is 23.0. The number of hydrogen-bond donors (Lipinski definition) is 0. The number of methoxy groups -OCH3 is 1. The molecule has 0 heterocycles. The molecule has 10 heteroatoms. The van der Waals surface area contributed by atoms with Gasteiger partial charge in [0, 0.05) is 0 Å². The smallest absolute Gasteiger partial charge is 0.393 e. The molecule has 0 saturated heterocycles. The molecule has 0 aliphatic rings. The van der Waals surface area contributed by atoms with E-state index in [-0.39, 0.29) is 11.1 Å². The average molecular weight is 445 g/mol. The SMILES string of the molecule is COc1ccc(/C(=C/C(F)(F)C(F)(F)C(F)(F)C(F)(F)Cl)c2ccccc2)cc1. The Hall–Kier alpha value is -2.29. The zero-order chi connectivity index (χ0) is 22.1. The highest BCUT2D eigenvalue weighted by atomic mass is 35.5. The maximum Gasteiger partial charge on any atom is 0.393 e. The van der Waals surface area contributed by atoms with Gasteiger partial charge in [0.1, 0.15) is 5.75 Å². The normalized spacial score (nSPS) is 14.1. The third-order valence-electron chi connectivity index (χ3n) is 3.98. The Labute approximate surface area is 165 Å². The van der Waals surface area contributed by atoms with Crippen molar-refractivity contribution < 1.29 is 39.9 Å². The molecule has 2 aromatic carbocycles. The predicted octanol–water partition coefficient (Wildman–Crippen LogP) is 6.86. The summed E-state index contributed by atoms with van der Waals surface area (Å²) in [6.07, 6.45) is -0.472. The summed E-state index contributed by atoms with van der Waals surface area (Å²) in [7, 11) is 1.33. The first-order chi connectivity index (χ1) is 13.2. The van der Waals surface area contributed by atoms with Gasteiger partial charge in [-0.25, -0.2) is 0 Å². The lowest BCUT2D eigenvalue weighted by Crippen LogP contribution is -2.59. The van der Waals surface area contributed by atoms with Gasteiger partial charge < -0.3 is 4.74 Å². The Morgan fingerprint density at radius 3 is 1.69 bits per heavy atom. The standard InChI is InChI=1S/C19H13ClF8O/c1-29-14-9-7-13(8-10-14)15(12-5-3-2-4-6-12)11-16(21,22)17(23,24)18(25,26)19(20,27)28/h2-11H,1H3/b15-11+. The molecule has 0 aliphatic carbocycles. The van der Waals surface area contributed by atoms with Crippen LogP contribution < -0.4 is 4.74 Å². The van der Waals surface area contributed by atoms with Gasteiger partial charge >= 0.3 is 23.1 Å². The number of halogens is 9. The zero-order valence-electron chi connectivity index (χ0n) is 14.6. The third kappa shape index (κ3) is 4.34. The maximum absolute atomic E-state index is 14.3. The van der Waals surface area contributed by atoms with Crippen molar-refractivity contribution >= 4 is 17.2 Å². The van der Waals surface area contributed by atoms with Gasteiger partial charge in [-0.15, -0.1) is 0 Å². The molecule has 0 N–H and O–H groups in total. The van der Waals surface area contributed by atoms with Crippen LogP contribution in [0.3, 0.4) is 0 Å². The van der Waals surface area contributed by atoms with Crippen molar-refractivity contribution in [1.82, 2.24) is 0 Å². The van der Waals surface area contributed by atoms with Crippen LogP contribution >= 0.6 is 11.6 Å². The van der Waals surface area contributed by atoms with Crippen molar-refractivity contribution in [3.63, 3.8) is 0 Å². The minimum atomic E-state index is -6.52. The number of alkyl halides is 9. The third-order valence-corrected chi connectivity index (χ3v) is 4.22. The summed E-state index contributed by atoms with van der Waals surface area (Å²) in [4.78, 5) is 0. The molecular formula is C19H13ClF8O. The van der Waals surface area contributed by atoms with Gasteiger partial charge in [0.15, 0.2) is 0 Å². The monoisotopic (exact) mass is 444 g/mol. The van der Waals surface area contributed by atoms with Crippen molar-refractivity contribution in [3.8, 4) is 5.75 Å². The summed E-state index contributed by atoms with van der Waals surface area (Å²) < 4.78 is 113. The minimum Gasteiger partial charge on any atom is -0.497 e. The molecule has 2 rings (SSSR count). The number of allylic oxidation sites excluding steroid dienone is 1. The summed E-state index contributed by atoms with van der Waals surface area (Å²) in [5.41, 5.74) is -0.672. The highest BCUT2D eigenvalue weighted by molar-refractivity contribution is 6.22. The van der Waals surface area contributed by atoms with Gasteiger partial charge in [0.2, 0.25) is 0 Å². The largest absolute Gasteiger partial charge is 0.497 e. The summed E-state index contributed by atoms with van der Waals surface area (Å²) in [5, 5.41) is -5.90. The van der Waals surface area contributed by atoms with E-state index in [1.54, 1.807) is 0 Å². The number of rotatable bonds is 7. The van der Waals surface area contributed by atoms with Gasteiger partial charge in [-0.3, -0.25) is 0 Å². The van der Waals surface area contributed by atoms with Crippen LogP contribution in [0.15, 0.2) is 60.7 Å². The molecular weight excluding hydrogens is 432 g/mol. The second-order valence-electron chi connectivity index (χ2n) is 5.92. The Kier molecular flexibility index (Phi) is 6.23. The molecule has 29 heavy (non-hydrogen) atoms. The van der Waals surface area contributed by atoms with Crippen molar-refractivity contribution in [2.24, 2.45) is 0 Å². The molecule has 0 spiro atoms. The molecule has 158 valence electrons. The van der Waals surface area contributed by atoms with Crippen LogP contribution in [0.2, 0.25) is 0 Å². The molecule has 0 unspecified atom stereocenters. The van der Waals surface area contributed by atoms with E-state index in [1.165, 1.54) is 61.7 Å². The van der Waals surface area contributed by atoms with Gasteiger partial charge in [0.25, 0.3) is 0 Å². The molecule has 2 aromatic rings. The second-order valence-corrected chi connectivity index (χ2v) is 6.40. The highest BCUT2D eigenvalue weighted by Gasteiger charge is 2.79. The summed E-state index contributed by atoms with van der Waals surface area (Å²) in [5.74, 6) is -18.4. The lowest BCUT2D eigenvalue weighted by Gasteiger charge is -2.33. The molecule has 1 nitrogen and oxygen atoms in total. The van der Waals surface area contributed by atoms with E-state index in [0.29, 0.717) is 5.75 Å². The topological polar surface area (TPSA) is 9.23 Å². The minimum absolute atomic E-state index is 0.0332. The van der Waals surface area contributed by atoms with Crippen molar-refractivity contribution in [1.29, 1.82) is 0 Å². The molecule has 0 aromatic heterocycles. The highest BCUT2D eigenvalue weighted by Crippen LogP contribution is 2.55. The van der Waals surface area contributed by atoms with Crippen LogP contribution in [-0.4, -0.2) is 30.3 Å². The molecule has 0 saturated carbocycles. The quantitative estimate of drug-likeness (QED) is 0.335. The second kappa shape index (κ2) is 7.85. The summed E-state index contributed by atoms with van der Waals surface area (Å²) >= 11 is 3.99. The Morgan fingerprint density at radius 2 is 1.24 bits per heavy atom. The number of benzene rings is 2. The first-order valence-electron chi connectivity index (χ1n) is 7.87. The van der Waals surface area contributed by atoms with Crippen molar-refractivity contribution in [3.05, 3.63) is 71.8 Å². The average Bonchev–Trinajstić information content (AvgIpc) is 2.66. The van der Waals surface area contributed by atoms with E-state index < -0.39 is 34.8 Å². The van der Waals surface area contributed by atoms with E-state index >= 15 is 0 Å². The Bertz CT molecular complexity index is 858. The molecule has 0 radical (unpaired) electrons. The fraction of sp³-hybridized carbons (Fsp3) is 0.263. The fourth-order valence-electron chi connectivity index (χ4n) is 2.38. The Balaban J connectivity index is 2.65. The fourth-order valence-corrected chi connectivity index (χ4v) is 2.50. The van der Waals surface area contributed by atoms with E-state index in [1.807, 2.05) is 0 Å². The van der Waals surface area contributed by atoms with E-state index in [0.717, 1.165) is 0 Å². The number of hydrogen-bond acceptors (Lipinski definition) is 1. The van der Waals surface area contributed by atoms with Crippen LogP contribution in [0.5, 0.6) is 5.75 Å². The summed E-state index contributed by atoms with van der Waals surface area (Å²) in [6.45, 7) is 0. The van der Waals surface area contributed by atoms with Crippen LogP contribution in [0.25, 0.3) is 5.57 Å². The first-order valence-corrected chi connectivity index (χ1v) is 8.25. The molecule has 0 aliphatic heterocycles.